The summed E-state index contributed by atoms with van der Waals surface area (Å²) in [6.45, 7) is 9.41. The second-order valence-corrected chi connectivity index (χ2v) is 7.14. The first-order valence-electron chi connectivity index (χ1n) is 9.70. The van der Waals surface area contributed by atoms with Crippen molar-refractivity contribution in [1.82, 2.24) is 0 Å². The molecule has 0 aliphatic heterocycles. The van der Waals surface area contributed by atoms with Crippen molar-refractivity contribution in [2.45, 2.75) is 118 Å². The smallest absolute Gasteiger partial charge is 0.0445 e. The molecule has 2 unspecified atom stereocenters. The van der Waals surface area contributed by atoms with Gasteiger partial charge in [-0.1, -0.05) is 118 Å². The highest BCUT2D eigenvalue weighted by atomic mass is 14.1. The molecule has 0 amide bonds. The van der Waals surface area contributed by atoms with Gasteiger partial charge < -0.3 is 0 Å². The van der Waals surface area contributed by atoms with E-state index in [0.717, 1.165) is 11.8 Å². The van der Waals surface area contributed by atoms with Crippen LogP contribution in [0.5, 0.6) is 0 Å². The lowest BCUT2D eigenvalue weighted by Crippen LogP contribution is -1.92. The van der Waals surface area contributed by atoms with Crippen LogP contribution in [-0.4, -0.2) is 0 Å². The van der Waals surface area contributed by atoms with Crippen molar-refractivity contribution in [2.75, 3.05) is 0 Å². The molecule has 0 radical (unpaired) electrons. The van der Waals surface area contributed by atoms with Gasteiger partial charge in [0, 0.05) is 0 Å². The van der Waals surface area contributed by atoms with Crippen LogP contribution < -0.4 is 0 Å². The minimum atomic E-state index is 0.949. The summed E-state index contributed by atoms with van der Waals surface area (Å²) in [5.41, 5.74) is 0. The summed E-state index contributed by atoms with van der Waals surface area (Å²) < 4.78 is 0. The summed E-state index contributed by atoms with van der Waals surface area (Å²) >= 11 is 0. The molecule has 0 saturated carbocycles. The number of hydrogen-bond acceptors (Lipinski definition) is 0. The van der Waals surface area contributed by atoms with E-state index in [1.807, 2.05) is 0 Å². The third kappa shape index (κ3) is 14.4. The van der Waals surface area contributed by atoms with Gasteiger partial charge in [-0.3, -0.25) is 0 Å². The van der Waals surface area contributed by atoms with Crippen LogP contribution in [0.2, 0.25) is 0 Å². The maximum absolute atomic E-state index is 2.39. The predicted octanol–water partition coefficient (Wildman–Crippen LogP) is 7.76. The molecule has 0 aliphatic rings. The second kappa shape index (κ2) is 15.4. The molecule has 0 aromatic heterocycles. The van der Waals surface area contributed by atoms with Gasteiger partial charge in [0.05, 0.1) is 0 Å². The summed E-state index contributed by atoms with van der Waals surface area (Å²) in [5.74, 6) is 1.90. The molecule has 0 aromatic carbocycles. The molecule has 0 heteroatoms. The summed E-state index contributed by atoms with van der Waals surface area (Å²) in [7, 11) is 0. The van der Waals surface area contributed by atoms with Gasteiger partial charge in [-0.25, -0.2) is 0 Å². The minimum Gasteiger partial charge on any atom is -0.0651 e. The molecule has 122 valence electrons. The zero-order valence-corrected chi connectivity index (χ0v) is 15.1. The van der Waals surface area contributed by atoms with E-state index in [9.17, 15) is 0 Å². The van der Waals surface area contributed by atoms with Gasteiger partial charge in [0.1, 0.15) is 0 Å². The van der Waals surface area contributed by atoms with Gasteiger partial charge in [0.25, 0.3) is 0 Å². The highest BCUT2D eigenvalue weighted by Gasteiger charge is 1.99. The molecule has 0 fully saturated rings. The Morgan fingerprint density at radius 1 is 0.450 bits per heavy atom. The second-order valence-electron chi connectivity index (χ2n) is 7.14. The van der Waals surface area contributed by atoms with Gasteiger partial charge in [0.15, 0.2) is 0 Å². The van der Waals surface area contributed by atoms with Gasteiger partial charge in [-0.15, -0.1) is 0 Å². The van der Waals surface area contributed by atoms with Gasteiger partial charge in [-0.05, 0) is 11.8 Å². The highest BCUT2D eigenvalue weighted by molar-refractivity contribution is 4.53. The quantitative estimate of drug-likeness (QED) is 0.269. The first kappa shape index (κ1) is 20.0. The van der Waals surface area contributed by atoms with Crippen molar-refractivity contribution in [2.24, 2.45) is 11.8 Å². The lowest BCUT2D eigenvalue weighted by atomic mass is 9.98. The van der Waals surface area contributed by atoms with E-state index in [-0.39, 0.29) is 0 Å². The molecular formula is C20H42. The summed E-state index contributed by atoms with van der Waals surface area (Å²) in [5, 5.41) is 0. The van der Waals surface area contributed by atoms with Crippen LogP contribution in [0.4, 0.5) is 0 Å². The summed E-state index contributed by atoms with van der Waals surface area (Å²) in [4.78, 5) is 0. The predicted molar refractivity (Wildman–Crippen MR) is 94.3 cm³/mol. The lowest BCUT2D eigenvalue weighted by Gasteiger charge is -2.08. The Labute approximate surface area is 130 Å². The molecule has 2 atom stereocenters. The fourth-order valence-corrected chi connectivity index (χ4v) is 2.81. The van der Waals surface area contributed by atoms with Crippen LogP contribution in [0, 0.1) is 11.8 Å². The van der Waals surface area contributed by atoms with Gasteiger partial charge >= 0.3 is 0 Å². The molecular weight excluding hydrogens is 240 g/mol. The van der Waals surface area contributed by atoms with E-state index < -0.39 is 0 Å². The molecule has 0 saturated heterocycles. The van der Waals surface area contributed by atoms with Crippen molar-refractivity contribution >= 4 is 0 Å². The molecule has 0 bridgehead atoms. The molecule has 0 rings (SSSR count). The molecule has 0 heterocycles. The van der Waals surface area contributed by atoms with Crippen LogP contribution in [0.15, 0.2) is 0 Å². The SMILES string of the molecule is CCC(C)CCCCCCCCCCCCC(C)CC. The fourth-order valence-electron chi connectivity index (χ4n) is 2.81. The first-order chi connectivity index (χ1) is 9.70. The van der Waals surface area contributed by atoms with Crippen molar-refractivity contribution in [3.63, 3.8) is 0 Å². The van der Waals surface area contributed by atoms with Crippen LogP contribution in [0.3, 0.4) is 0 Å². The average Bonchev–Trinajstić information content (AvgIpc) is 2.47. The standard InChI is InChI=1S/C20H42/c1-5-19(3)17-15-13-11-9-7-8-10-12-14-16-18-20(4)6-2/h19-20H,5-18H2,1-4H3. The van der Waals surface area contributed by atoms with Crippen LogP contribution in [0.25, 0.3) is 0 Å². The molecule has 20 heavy (non-hydrogen) atoms. The molecule has 0 nitrogen and oxygen atoms in total. The zero-order chi connectivity index (χ0) is 15.1. The van der Waals surface area contributed by atoms with Gasteiger partial charge in [-0.2, -0.15) is 0 Å². The third-order valence-corrected chi connectivity index (χ3v) is 5.04. The highest BCUT2D eigenvalue weighted by Crippen LogP contribution is 2.16. The average molecular weight is 283 g/mol. The maximum Gasteiger partial charge on any atom is -0.0445 e. The van der Waals surface area contributed by atoms with E-state index in [0.29, 0.717) is 0 Å². The number of hydrogen-bond donors (Lipinski definition) is 0. The Kier molecular flexibility index (Phi) is 15.4. The number of rotatable bonds is 15. The maximum atomic E-state index is 2.39. The Morgan fingerprint density at radius 3 is 0.950 bits per heavy atom. The Morgan fingerprint density at radius 2 is 0.700 bits per heavy atom. The third-order valence-electron chi connectivity index (χ3n) is 5.04. The van der Waals surface area contributed by atoms with Gasteiger partial charge in [0.2, 0.25) is 0 Å². The van der Waals surface area contributed by atoms with Crippen LogP contribution >= 0.6 is 0 Å². The molecule has 0 aliphatic carbocycles. The summed E-state index contributed by atoms with van der Waals surface area (Å²) in [6, 6.07) is 0. The first-order valence-corrected chi connectivity index (χ1v) is 9.70. The Bertz CT molecular complexity index is 153. The zero-order valence-electron chi connectivity index (χ0n) is 15.1. The Balaban J connectivity index is 3.03. The number of unbranched alkanes of at least 4 members (excludes halogenated alkanes) is 9. The lowest BCUT2D eigenvalue weighted by molar-refractivity contribution is 0.461. The minimum absolute atomic E-state index is 0.949. The normalized spacial score (nSPS) is 14.4. The fraction of sp³-hybridized carbons (Fsp3) is 1.00. The van der Waals surface area contributed by atoms with Crippen LogP contribution in [-0.2, 0) is 0 Å². The molecule has 0 aromatic rings. The van der Waals surface area contributed by atoms with E-state index in [1.165, 1.54) is 89.9 Å². The Hall–Kier alpha value is 0. The van der Waals surface area contributed by atoms with E-state index in [1.54, 1.807) is 0 Å². The largest absolute Gasteiger partial charge is 0.0651 e. The van der Waals surface area contributed by atoms with E-state index in [2.05, 4.69) is 27.7 Å². The van der Waals surface area contributed by atoms with Crippen molar-refractivity contribution < 1.29 is 0 Å². The molecule has 0 spiro atoms. The van der Waals surface area contributed by atoms with E-state index in [4.69, 9.17) is 0 Å². The van der Waals surface area contributed by atoms with Crippen molar-refractivity contribution in [1.29, 1.82) is 0 Å². The van der Waals surface area contributed by atoms with Crippen LogP contribution in [0.1, 0.15) is 118 Å². The van der Waals surface area contributed by atoms with E-state index >= 15 is 0 Å². The van der Waals surface area contributed by atoms with Crippen molar-refractivity contribution in [3.05, 3.63) is 0 Å². The van der Waals surface area contributed by atoms with Crippen molar-refractivity contribution in [3.8, 4) is 0 Å². The monoisotopic (exact) mass is 282 g/mol. The summed E-state index contributed by atoms with van der Waals surface area (Å²) in [6.07, 6.45) is 20.4. The molecule has 0 N–H and O–H groups in total. The topological polar surface area (TPSA) is 0 Å².